The van der Waals surface area contributed by atoms with Crippen molar-refractivity contribution in [3.05, 3.63) is 95.3 Å². The van der Waals surface area contributed by atoms with E-state index in [4.69, 9.17) is 13.9 Å². The highest BCUT2D eigenvalue weighted by Gasteiger charge is 2.16. The number of rotatable bonds is 7. The van der Waals surface area contributed by atoms with Crippen molar-refractivity contribution >= 4 is 33.1 Å². The third-order valence-corrected chi connectivity index (χ3v) is 6.27. The third-order valence-electron chi connectivity index (χ3n) is 5.51. The standard InChI is InChI=1S/C27H22N2O4S/c1-31-21-9-11-24(32-2)20(14-21)15-22-10-12-25(33-22)26(30)29-27-28-23(16-34-27)19-8-7-17-5-3-4-6-18(17)13-19/h3-14,16H,15H2,1-2H3,(H,28,29,30). The first-order valence-electron chi connectivity index (χ1n) is 10.7. The zero-order valence-corrected chi connectivity index (χ0v) is 19.5. The van der Waals surface area contributed by atoms with E-state index in [9.17, 15) is 4.79 Å². The van der Waals surface area contributed by atoms with Gasteiger partial charge in [0.25, 0.3) is 5.91 Å². The molecule has 6 nitrogen and oxygen atoms in total. The molecule has 0 aliphatic carbocycles. The van der Waals surface area contributed by atoms with Gasteiger partial charge in [0, 0.05) is 22.9 Å². The predicted molar refractivity (Wildman–Crippen MR) is 134 cm³/mol. The van der Waals surface area contributed by atoms with E-state index in [0.717, 1.165) is 33.7 Å². The first kappa shape index (κ1) is 21.7. The van der Waals surface area contributed by atoms with Crippen molar-refractivity contribution in [2.75, 3.05) is 19.5 Å². The molecule has 5 rings (SSSR count). The number of ether oxygens (including phenoxy) is 2. The first-order chi connectivity index (χ1) is 16.6. The van der Waals surface area contributed by atoms with Crippen LogP contribution in [0.15, 0.2) is 82.6 Å². The Balaban J connectivity index is 1.29. The minimum Gasteiger partial charge on any atom is -0.497 e. The second-order valence-electron chi connectivity index (χ2n) is 7.67. The highest BCUT2D eigenvalue weighted by Crippen LogP contribution is 2.29. The van der Waals surface area contributed by atoms with Gasteiger partial charge in [0.2, 0.25) is 0 Å². The number of methoxy groups -OCH3 is 2. The van der Waals surface area contributed by atoms with Gasteiger partial charge in [0.05, 0.1) is 19.9 Å². The molecule has 7 heteroatoms. The molecular weight excluding hydrogens is 448 g/mol. The highest BCUT2D eigenvalue weighted by molar-refractivity contribution is 7.14. The van der Waals surface area contributed by atoms with Gasteiger partial charge < -0.3 is 13.9 Å². The van der Waals surface area contributed by atoms with Crippen molar-refractivity contribution in [2.45, 2.75) is 6.42 Å². The summed E-state index contributed by atoms with van der Waals surface area (Å²) in [5.74, 6) is 1.98. The molecule has 0 saturated carbocycles. The van der Waals surface area contributed by atoms with E-state index in [-0.39, 0.29) is 11.7 Å². The monoisotopic (exact) mass is 470 g/mol. The lowest BCUT2D eigenvalue weighted by Crippen LogP contribution is -2.10. The van der Waals surface area contributed by atoms with E-state index in [1.807, 2.05) is 41.8 Å². The van der Waals surface area contributed by atoms with Crippen LogP contribution in [0, 0.1) is 0 Å². The van der Waals surface area contributed by atoms with Gasteiger partial charge in [0.1, 0.15) is 17.3 Å². The van der Waals surface area contributed by atoms with Gasteiger partial charge in [-0.05, 0) is 47.2 Å². The zero-order chi connectivity index (χ0) is 23.5. The fourth-order valence-corrected chi connectivity index (χ4v) is 4.49. The SMILES string of the molecule is COc1ccc(OC)c(Cc2ccc(C(=O)Nc3nc(-c4ccc5ccccc5c4)cs3)o2)c1. The number of amides is 1. The number of hydrogen-bond acceptors (Lipinski definition) is 6. The maximum atomic E-state index is 12.7. The number of thiazole rings is 1. The topological polar surface area (TPSA) is 73.6 Å². The maximum Gasteiger partial charge on any atom is 0.293 e. The Labute approximate surface area is 200 Å². The smallest absolute Gasteiger partial charge is 0.293 e. The second-order valence-corrected chi connectivity index (χ2v) is 8.53. The van der Waals surface area contributed by atoms with Gasteiger partial charge in [-0.3, -0.25) is 10.1 Å². The van der Waals surface area contributed by atoms with Crippen molar-refractivity contribution in [3.8, 4) is 22.8 Å². The van der Waals surface area contributed by atoms with Crippen LogP contribution in [0.4, 0.5) is 5.13 Å². The molecule has 170 valence electrons. The maximum absolute atomic E-state index is 12.7. The van der Waals surface area contributed by atoms with Gasteiger partial charge in [-0.1, -0.05) is 36.4 Å². The summed E-state index contributed by atoms with van der Waals surface area (Å²) in [6.45, 7) is 0. The summed E-state index contributed by atoms with van der Waals surface area (Å²) < 4.78 is 16.5. The average Bonchev–Trinajstić information content (AvgIpc) is 3.53. The summed E-state index contributed by atoms with van der Waals surface area (Å²) in [5, 5.41) is 7.60. The van der Waals surface area contributed by atoms with Crippen LogP contribution in [0.3, 0.4) is 0 Å². The molecule has 0 spiro atoms. The number of nitrogens with zero attached hydrogens (tertiary/aromatic N) is 1. The number of hydrogen-bond donors (Lipinski definition) is 1. The molecule has 0 aliphatic rings. The summed E-state index contributed by atoms with van der Waals surface area (Å²) in [6.07, 6.45) is 0.469. The Hall–Kier alpha value is -4.10. The molecule has 0 bridgehead atoms. The Morgan fingerprint density at radius 3 is 2.65 bits per heavy atom. The van der Waals surface area contributed by atoms with Gasteiger partial charge in [-0.25, -0.2) is 4.98 Å². The molecule has 0 unspecified atom stereocenters. The number of anilines is 1. The lowest BCUT2D eigenvalue weighted by molar-refractivity contribution is 0.0995. The number of nitrogens with one attached hydrogen (secondary N) is 1. The van der Waals surface area contributed by atoms with Crippen LogP contribution in [-0.4, -0.2) is 25.1 Å². The summed E-state index contributed by atoms with van der Waals surface area (Å²) in [6, 6.07) is 23.4. The fourth-order valence-electron chi connectivity index (χ4n) is 3.77. The van der Waals surface area contributed by atoms with E-state index in [1.54, 1.807) is 26.4 Å². The number of furan rings is 1. The molecule has 34 heavy (non-hydrogen) atoms. The van der Waals surface area contributed by atoms with Crippen LogP contribution in [0.2, 0.25) is 0 Å². The fraction of sp³-hybridized carbons (Fsp3) is 0.111. The molecule has 1 amide bonds. The summed E-state index contributed by atoms with van der Waals surface area (Å²) >= 11 is 1.38. The number of carbonyl (C=O) groups excluding carboxylic acids is 1. The van der Waals surface area contributed by atoms with Gasteiger partial charge in [0.15, 0.2) is 10.9 Å². The Bertz CT molecular complexity index is 1470. The Kier molecular flexibility index (Phi) is 6.01. The minimum absolute atomic E-state index is 0.222. The van der Waals surface area contributed by atoms with Gasteiger partial charge >= 0.3 is 0 Å². The number of carbonyl (C=O) groups is 1. The lowest BCUT2D eigenvalue weighted by atomic mass is 10.1. The molecule has 0 saturated heterocycles. The average molecular weight is 471 g/mol. The lowest BCUT2D eigenvalue weighted by Gasteiger charge is -2.09. The molecule has 0 fully saturated rings. The van der Waals surface area contributed by atoms with Crippen LogP contribution in [0.1, 0.15) is 21.9 Å². The normalized spacial score (nSPS) is 10.9. The number of benzene rings is 3. The quantitative estimate of drug-likeness (QED) is 0.297. The van der Waals surface area contributed by atoms with Gasteiger partial charge in [-0.15, -0.1) is 11.3 Å². The van der Waals surface area contributed by atoms with Crippen molar-refractivity contribution in [1.29, 1.82) is 0 Å². The Morgan fingerprint density at radius 1 is 0.971 bits per heavy atom. The van der Waals surface area contributed by atoms with Crippen LogP contribution < -0.4 is 14.8 Å². The van der Waals surface area contributed by atoms with Crippen LogP contribution in [-0.2, 0) is 6.42 Å². The molecule has 0 atom stereocenters. The van der Waals surface area contributed by atoms with Crippen LogP contribution in [0.25, 0.3) is 22.0 Å². The molecule has 3 aromatic carbocycles. The van der Waals surface area contributed by atoms with Crippen LogP contribution >= 0.6 is 11.3 Å². The molecule has 2 aromatic heterocycles. The van der Waals surface area contributed by atoms with E-state index in [2.05, 4.69) is 34.6 Å². The van der Waals surface area contributed by atoms with E-state index in [1.165, 1.54) is 16.7 Å². The molecule has 0 radical (unpaired) electrons. The summed E-state index contributed by atoms with van der Waals surface area (Å²) in [5.41, 5.74) is 2.72. The molecule has 2 heterocycles. The summed E-state index contributed by atoms with van der Waals surface area (Å²) in [4.78, 5) is 17.3. The molecule has 1 N–H and O–H groups in total. The van der Waals surface area contributed by atoms with E-state index >= 15 is 0 Å². The minimum atomic E-state index is -0.344. The van der Waals surface area contributed by atoms with E-state index < -0.39 is 0 Å². The largest absolute Gasteiger partial charge is 0.497 e. The molecule has 5 aromatic rings. The zero-order valence-electron chi connectivity index (χ0n) is 18.7. The first-order valence-corrected chi connectivity index (χ1v) is 11.6. The molecular formula is C27H22N2O4S. The summed E-state index contributed by atoms with van der Waals surface area (Å²) in [7, 11) is 3.23. The van der Waals surface area contributed by atoms with Crippen molar-refractivity contribution in [1.82, 2.24) is 4.98 Å². The Morgan fingerprint density at radius 2 is 1.82 bits per heavy atom. The van der Waals surface area contributed by atoms with E-state index in [0.29, 0.717) is 17.3 Å². The van der Waals surface area contributed by atoms with Crippen molar-refractivity contribution in [2.24, 2.45) is 0 Å². The molecule has 0 aliphatic heterocycles. The third kappa shape index (κ3) is 4.51. The van der Waals surface area contributed by atoms with Crippen molar-refractivity contribution < 1.29 is 18.7 Å². The van der Waals surface area contributed by atoms with Crippen molar-refractivity contribution in [3.63, 3.8) is 0 Å². The highest BCUT2D eigenvalue weighted by atomic mass is 32.1. The van der Waals surface area contributed by atoms with Crippen LogP contribution in [0.5, 0.6) is 11.5 Å². The number of aromatic nitrogens is 1. The number of fused-ring (bicyclic) bond motifs is 1. The second kappa shape index (κ2) is 9.41. The predicted octanol–water partition coefficient (Wildman–Crippen LogP) is 6.42. The van der Waals surface area contributed by atoms with Gasteiger partial charge in [-0.2, -0.15) is 0 Å².